The quantitative estimate of drug-likeness (QED) is 0.744. The Bertz CT molecular complexity index is 292. The SMILES string of the molecule is c1ccc(CCC2=NCCN2)nc1. The fourth-order valence-corrected chi connectivity index (χ4v) is 1.41. The van der Waals surface area contributed by atoms with E-state index >= 15 is 0 Å². The first kappa shape index (κ1) is 8.23. The molecule has 0 bridgehead atoms. The second kappa shape index (κ2) is 4.03. The monoisotopic (exact) mass is 175 g/mol. The number of aliphatic imine (C=N–C) groups is 1. The number of hydrogen-bond acceptors (Lipinski definition) is 3. The molecule has 0 atom stereocenters. The van der Waals surface area contributed by atoms with Gasteiger partial charge in [-0.25, -0.2) is 0 Å². The summed E-state index contributed by atoms with van der Waals surface area (Å²) in [6.45, 7) is 1.93. The van der Waals surface area contributed by atoms with Crippen LogP contribution in [-0.4, -0.2) is 23.9 Å². The fraction of sp³-hybridized carbons (Fsp3) is 0.400. The molecule has 13 heavy (non-hydrogen) atoms. The van der Waals surface area contributed by atoms with Crippen molar-refractivity contribution in [3.05, 3.63) is 30.1 Å². The van der Waals surface area contributed by atoms with Crippen LogP contribution in [0, 0.1) is 0 Å². The predicted molar refractivity (Wildman–Crippen MR) is 52.9 cm³/mol. The van der Waals surface area contributed by atoms with Crippen LogP contribution in [0.25, 0.3) is 0 Å². The van der Waals surface area contributed by atoms with E-state index in [1.54, 1.807) is 0 Å². The van der Waals surface area contributed by atoms with E-state index in [4.69, 9.17) is 0 Å². The van der Waals surface area contributed by atoms with E-state index < -0.39 is 0 Å². The molecular weight excluding hydrogens is 162 g/mol. The Morgan fingerprint density at radius 2 is 2.31 bits per heavy atom. The first-order valence-corrected chi connectivity index (χ1v) is 4.62. The maximum absolute atomic E-state index is 4.33. The van der Waals surface area contributed by atoms with Crippen molar-refractivity contribution in [1.82, 2.24) is 10.3 Å². The van der Waals surface area contributed by atoms with Crippen LogP contribution in [0.4, 0.5) is 0 Å². The highest BCUT2D eigenvalue weighted by atomic mass is 15.1. The number of amidine groups is 1. The van der Waals surface area contributed by atoms with Crippen LogP contribution in [0.3, 0.4) is 0 Å². The van der Waals surface area contributed by atoms with Gasteiger partial charge in [-0.1, -0.05) is 6.07 Å². The van der Waals surface area contributed by atoms with Gasteiger partial charge in [-0.15, -0.1) is 0 Å². The fourth-order valence-electron chi connectivity index (χ4n) is 1.41. The number of nitrogens with zero attached hydrogens (tertiary/aromatic N) is 2. The normalized spacial score (nSPS) is 15.2. The summed E-state index contributed by atoms with van der Waals surface area (Å²) < 4.78 is 0. The molecular formula is C10H13N3. The lowest BCUT2D eigenvalue weighted by Gasteiger charge is -2.00. The highest BCUT2D eigenvalue weighted by molar-refractivity contribution is 5.83. The number of nitrogens with one attached hydrogen (secondary N) is 1. The van der Waals surface area contributed by atoms with Gasteiger partial charge in [0.1, 0.15) is 0 Å². The summed E-state index contributed by atoms with van der Waals surface area (Å²) in [7, 11) is 0. The van der Waals surface area contributed by atoms with Crippen molar-refractivity contribution in [1.29, 1.82) is 0 Å². The maximum atomic E-state index is 4.33. The van der Waals surface area contributed by atoms with Crippen molar-refractivity contribution in [3.8, 4) is 0 Å². The van der Waals surface area contributed by atoms with Gasteiger partial charge in [0.05, 0.1) is 12.4 Å². The summed E-state index contributed by atoms with van der Waals surface area (Å²) in [5.74, 6) is 1.13. The zero-order valence-electron chi connectivity index (χ0n) is 7.53. The molecule has 1 aromatic heterocycles. The number of aryl methyl sites for hydroxylation is 1. The number of aromatic nitrogens is 1. The number of pyridine rings is 1. The van der Waals surface area contributed by atoms with E-state index in [-0.39, 0.29) is 0 Å². The molecule has 1 aliphatic heterocycles. The van der Waals surface area contributed by atoms with Crippen LogP contribution in [0.1, 0.15) is 12.1 Å². The summed E-state index contributed by atoms with van der Waals surface area (Å²) in [5, 5.41) is 3.25. The van der Waals surface area contributed by atoms with Crippen molar-refractivity contribution >= 4 is 5.84 Å². The molecule has 0 unspecified atom stereocenters. The van der Waals surface area contributed by atoms with Crippen LogP contribution >= 0.6 is 0 Å². The van der Waals surface area contributed by atoms with Crippen molar-refractivity contribution < 1.29 is 0 Å². The van der Waals surface area contributed by atoms with Gasteiger partial charge in [0.25, 0.3) is 0 Å². The van der Waals surface area contributed by atoms with Crippen LogP contribution in [-0.2, 0) is 6.42 Å². The first-order chi connectivity index (χ1) is 6.45. The molecule has 1 aliphatic rings. The van der Waals surface area contributed by atoms with Crippen molar-refractivity contribution in [2.75, 3.05) is 13.1 Å². The summed E-state index contributed by atoms with van der Waals surface area (Å²) >= 11 is 0. The van der Waals surface area contributed by atoms with E-state index in [9.17, 15) is 0 Å². The van der Waals surface area contributed by atoms with Crippen molar-refractivity contribution in [3.63, 3.8) is 0 Å². The molecule has 2 heterocycles. The molecule has 3 nitrogen and oxygen atoms in total. The topological polar surface area (TPSA) is 37.3 Å². The molecule has 1 aromatic rings. The van der Waals surface area contributed by atoms with Crippen molar-refractivity contribution in [2.24, 2.45) is 4.99 Å². The second-order valence-electron chi connectivity index (χ2n) is 3.08. The highest BCUT2D eigenvalue weighted by Gasteiger charge is 2.04. The molecule has 1 N–H and O–H groups in total. The van der Waals surface area contributed by atoms with E-state index in [2.05, 4.69) is 21.4 Å². The summed E-state index contributed by atoms with van der Waals surface area (Å²) in [6, 6.07) is 6.01. The largest absolute Gasteiger partial charge is 0.372 e. The lowest BCUT2D eigenvalue weighted by atomic mass is 10.2. The third kappa shape index (κ3) is 2.28. The Morgan fingerprint density at radius 1 is 1.31 bits per heavy atom. The predicted octanol–water partition coefficient (Wildman–Crippen LogP) is 1.02. The Hall–Kier alpha value is -1.38. The van der Waals surface area contributed by atoms with E-state index in [1.165, 1.54) is 0 Å². The van der Waals surface area contributed by atoms with Crippen LogP contribution in [0.5, 0.6) is 0 Å². The molecule has 0 saturated carbocycles. The standard InChI is InChI=1S/C10H13N3/c1-2-6-11-9(3-1)4-5-10-12-7-8-13-10/h1-3,6H,4-5,7-8H2,(H,12,13). The van der Waals surface area contributed by atoms with Gasteiger partial charge >= 0.3 is 0 Å². The Morgan fingerprint density at radius 3 is 3.00 bits per heavy atom. The van der Waals surface area contributed by atoms with Crippen molar-refractivity contribution in [2.45, 2.75) is 12.8 Å². The van der Waals surface area contributed by atoms with Gasteiger partial charge in [-0.3, -0.25) is 9.98 Å². The highest BCUT2D eigenvalue weighted by Crippen LogP contribution is 2.00. The average Bonchev–Trinajstić information content (AvgIpc) is 2.69. The molecule has 0 aliphatic carbocycles. The van der Waals surface area contributed by atoms with Crippen LogP contribution in [0.15, 0.2) is 29.4 Å². The lowest BCUT2D eigenvalue weighted by molar-refractivity contribution is 0.917. The minimum absolute atomic E-state index is 0.928. The number of hydrogen-bond donors (Lipinski definition) is 1. The van der Waals surface area contributed by atoms with Gasteiger partial charge in [-0.05, 0) is 18.6 Å². The molecule has 0 saturated heterocycles. The second-order valence-corrected chi connectivity index (χ2v) is 3.08. The lowest BCUT2D eigenvalue weighted by Crippen LogP contribution is -2.18. The van der Waals surface area contributed by atoms with Crippen LogP contribution in [0.2, 0.25) is 0 Å². The minimum Gasteiger partial charge on any atom is -0.372 e. The molecule has 0 spiro atoms. The molecule has 0 fully saturated rings. The zero-order valence-corrected chi connectivity index (χ0v) is 7.53. The number of rotatable bonds is 3. The Kier molecular flexibility index (Phi) is 2.55. The van der Waals surface area contributed by atoms with E-state index in [0.29, 0.717) is 0 Å². The first-order valence-electron chi connectivity index (χ1n) is 4.62. The summed E-state index contributed by atoms with van der Waals surface area (Å²) in [6.07, 6.45) is 3.79. The third-order valence-electron chi connectivity index (χ3n) is 2.09. The smallest absolute Gasteiger partial charge is 0.0968 e. The molecule has 0 radical (unpaired) electrons. The molecule has 0 aromatic carbocycles. The molecule has 68 valence electrons. The van der Waals surface area contributed by atoms with Gasteiger partial charge in [-0.2, -0.15) is 0 Å². The van der Waals surface area contributed by atoms with Gasteiger partial charge in [0.2, 0.25) is 0 Å². The van der Waals surface area contributed by atoms with E-state index in [1.807, 2.05) is 18.3 Å². The van der Waals surface area contributed by atoms with Crippen LogP contribution < -0.4 is 5.32 Å². The molecule has 2 rings (SSSR count). The molecule has 0 amide bonds. The van der Waals surface area contributed by atoms with Gasteiger partial charge in [0, 0.05) is 24.9 Å². The third-order valence-corrected chi connectivity index (χ3v) is 2.09. The van der Waals surface area contributed by atoms with Gasteiger partial charge < -0.3 is 5.32 Å². The average molecular weight is 175 g/mol. The summed E-state index contributed by atoms with van der Waals surface area (Å²) in [5.41, 5.74) is 1.14. The van der Waals surface area contributed by atoms with Gasteiger partial charge in [0.15, 0.2) is 0 Å². The Labute approximate surface area is 77.9 Å². The minimum atomic E-state index is 0.928. The maximum Gasteiger partial charge on any atom is 0.0968 e. The zero-order chi connectivity index (χ0) is 8.93. The Balaban J connectivity index is 1.86. The van der Waals surface area contributed by atoms with E-state index in [0.717, 1.165) is 37.5 Å². The molecule has 3 heteroatoms. The summed E-state index contributed by atoms with van der Waals surface area (Å²) in [4.78, 5) is 8.59.